The summed E-state index contributed by atoms with van der Waals surface area (Å²) in [7, 11) is -7.96. The molecule has 0 aliphatic rings. The molecule has 0 aliphatic heterocycles. The topological polar surface area (TPSA) is 105 Å². The van der Waals surface area contributed by atoms with Crippen LogP contribution in [-0.4, -0.2) is 21.8 Å². The summed E-state index contributed by atoms with van der Waals surface area (Å²) in [6.07, 6.45) is 1.51. The number of nitrogens with zero attached hydrogens (tertiary/aromatic N) is 1. The maximum Gasteiger partial charge on any atom is 0.264 e. The second kappa shape index (κ2) is 7.97. The number of para-hydroxylation sites is 1. The second-order valence-corrected chi connectivity index (χ2v) is 9.91. The quantitative estimate of drug-likeness (QED) is 0.456. The predicted molar refractivity (Wildman–Crippen MR) is 116 cm³/mol. The van der Waals surface area contributed by atoms with Crippen molar-refractivity contribution in [2.24, 2.45) is 0 Å². The van der Waals surface area contributed by atoms with Gasteiger partial charge in [-0.25, -0.2) is 21.2 Å². The molecule has 1 aromatic heterocycles. The number of nitrogens with one attached hydrogen (secondary N) is 2. The average molecular weight is 458 g/mol. The molecule has 3 aromatic carbocycles. The minimum absolute atomic E-state index is 0.00268. The van der Waals surface area contributed by atoms with Crippen molar-refractivity contribution >= 4 is 42.3 Å². The first kappa shape index (κ1) is 20.8. The van der Waals surface area contributed by atoms with Crippen LogP contribution in [0, 0.1) is 5.82 Å². The van der Waals surface area contributed by atoms with Gasteiger partial charge in [0.15, 0.2) is 0 Å². The maximum atomic E-state index is 13.1. The SMILES string of the molecule is O=S(=O)(Nc1cccc(NS(=O)(=O)c2cccc3cccnc23)c1)c1ccc(F)cc1. The lowest BCUT2D eigenvalue weighted by molar-refractivity contribution is 0.599. The molecule has 0 bridgehead atoms. The van der Waals surface area contributed by atoms with Crippen LogP contribution in [0.1, 0.15) is 0 Å². The highest BCUT2D eigenvalue weighted by atomic mass is 32.2. The monoisotopic (exact) mass is 457 g/mol. The Kier molecular flexibility index (Phi) is 5.34. The molecule has 1 heterocycles. The highest BCUT2D eigenvalue weighted by molar-refractivity contribution is 7.93. The molecule has 0 unspecified atom stereocenters. The largest absolute Gasteiger partial charge is 0.280 e. The van der Waals surface area contributed by atoms with E-state index in [0.717, 1.165) is 24.3 Å². The van der Waals surface area contributed by atoms with Crippen molar-refractivity contribution in [2.75, 3.05) is 9.44 Å². The van der Waals surface area contributed by atoms with E-state index in [4.69, 9.17) is 0 Å². The summed E-state index contributed by atoms with van der Waals surface area (Å²) < 4.78 is 68.7. The molecular weight excluding hydrogens is 441 g/mol. The van der Waals surface area contributed by atoms with E-state index in [-0.39, 0.29) is 21.2 Å². The Morgan fingerprint density at radius 1 is 0.710 bits per heavy atom. The van der Waals surface area contributed by atoms with Gasteiger partial charge in [-0.3, -0.25) is 14.4 Å². The Balaban J connectivity index is 1.62. The Hall–Kier alpha value is -3.50. The number of fused-ring (bicyclic) bond motifs is 1. The van der Waals surface area contributed by atoms with Gasteiger partial charge in [0.1, 0.15) is 10.7 Å². The van der Waals surface area contributed by atoms with Gasteiger partial charge in [0.05, 0.1) is 21.8 Å². The number of sulfonamides is 2. The van der Waals surface area contributed by atoms with E-state index < -0.39 is 25.9 Å². The molecule has 0 saturated heterocycles. The number of hydrogen-bond acceptors (Lipinski definition) is 5. The van der Waals surface area contributed by atoms with Gasteiger partial charge < -0.3 is 0 Å². The van der Waals surface area contributed by atoms with Gasteiger partial charge in [-0.2, -0.15) is 0 Å². The van der Waals surface area contributed by atoms with Crippen LogP contribution in [0.2, 0.25) is 0 Å². The van der Waals surface area contributed by atoms with Crippen LogP contribution >= 0.6 is 0 Å². The molecule has 0 saturated carbocycles. The lowest BCUT2D eigenvalue weighted by Gasteiger charge is -2.12. The van der Waals surface area contributed by atoms with Crippen LogP contribution in [0.5, 0.6) is 0 Å². The third kappa shape index (κ3) is 4.49. The van der Waals surface area contributed by atoms with Crippen LogP contribution in [0.4, 0.5) is 15.8 Å². The fourth-order valence-corrected chi connectivity index (χ4v) is 5.26. The fraction of sp³-hybridized carbons (Fsp3) is 0. The van der Waals surface area contributed by atoms with E-state index in [1.54, 1.807) is 24.3 Å². The highest BCUT2D eigenvalue weighted by Gasteiger charge is 2.19. The third-order valence-corrected chi connectivity index (χ3v) is 7.19. The maximum absolute atomic E-state index is 13.1. The second-order valence-electron chi connectivity index (χ2n) is 6.58. The molecule has 0 fully saturated rings. The van der Waals surface area contributed by atoms with Gasteiger partial charge in [-0.1, -0.05) is 24.3 Å². The van der Waals surface area contributed by atoms with Crippen molar-refractivity contribution < 1.29 is 21.2 Å². The lowest BCUT2D eigenvalue weighted by atomic mass is 10.2. The summed E-state index contributed by atoms with van der Waals surface area (Å²) in [6.45, 7) is 0. The van der Waals surface area contributed by atoms with Crippen molar-refractivity contribution in [3.8, 4) is 0 Å². The molecule has 0 spiro atoms. The van der Waals surface area contributed by atoms with E-state index in [0.29, 0.717) is 10.9 Å². The first-order valence-electron chi connectivity index (χ1n) is 9.00. The summed E-state index contributed by atoms with van der Waals surface area (Å²) in [6, 6.07) is 18.4. The zero-order chi connectivity index (χ0) is 22.1. The van der Waals surface area contributed by atoms with Gasteiger partial charge in [-0.15, -0.1) is 0 Å². The zero-order valence-electron chi connectivity index (χ0n) is 15.9. The van der Waals surface area contributed by atoms with Gasteiger partial charge in [0.25, 0.3) is 20.0 Å². The van der Waals surface area contributed by atoms with Crippen molar-refractivity contribution in [2.45, 2.75) is 9.79 Å². The average Bonchev–Trinajstić information content (AvgIpc) is 2.73. The van der Waals surface area contributed by atoms with Crippen molar-refractivity contribution in [1.82, 2.24) is 4.98 Å². The first-order valence-corrected chi connectivity index (χ1v) is 12.0. The summed E-state index contributed by atoms with van der Waals surface area (Å²) in [4.78, 5) is 4.04. The summed E-state index contributed by atoms with van der Waals surface area (Å²) >= 11 is 0. The highest BCUT2D eigenvalue weighted by Crippen LogP contribution is 2.25. The molecule has 10 heteroatoms. The number of anilines is 2. The summed E-state index contributed by atoms with van der Waals surface area (Å²) in [5, 5.41) is 0.672. The molecule has 0 amide bonds. The normalized spacial score (nSPS) is 11.9. The summed E-state index contributed by atoms with van der Waals surface area (Å²) in [5.74, 6) is -0.557. The number of aromatic nitrogens is 1. The Labute approximate surface area is 178 Å². The molecule has 158 valence electrons. The van der Waals surface area contributed by atoms with Crippen LogP contribution < -0.4 is 9.44 Å². The van der Waals surface area contributed by atoms with Crippen LogP contribution in [0.25, 0.3) is 10.9 Å². The zero-order valence-corrected chi connectivity index (χ0v) is 17.5. The Morgan fingerprint density at radius 3 is 2.03 bits per heavy atom. The molecule has 0 atom stereocenters. The van der Waals surface area contributed by atoms with E-state index in [9.17, 15) is 21.2 Å². The predicted octanol–water partition coefficient (Wildman–Crippen LogP) is 3.98. The molecule has 2 N–H and O–H groups in total. The van der Waals surface area contributed by atoms with E-state index in [1.165, 1.54) is 36.5 Å². The molecule has 4 rings (SSSR count). The van der Waals surface area contributed by atoms with Gasteiger partial charge in [0.2, 0.25) is 0 Å². The fourth-order valence-electron chi connectivity index (χ4n) is 2.98. The molecule has 31 heavy (non-hydrogen) atoms. The Morgan fingerprint density at radius 2 is 1.32 bits per heavy atom. The number of halogens is 1. The van der Waals surface area contributed by atoms with Crippen LogP contribution in [0.15, 0.2) is 94.9 Å². The van der Waals surface area contributed by atoms with Gasteiger partial charge in [-0.05, 0) is 54.6 Å². The van der Waals surface area contributed by atoms with Crippen molar-refractivity contribution in [3.05, 3.63) is 90.9 Å². The van der Waals surface area contributed by atoms with E-state index in [1.807, 2.05) is 0 Å². The van der Waals surface area contributed by atoms with Gasteiger partial charge in [0, 0.05) is 11.6 Å². The number of hydrogen-bond donors (Lipinski definition) is 2. The number of pyridine rings is 1. The Bertz CT molecular complexity index is 1470. The van der Waals surface area contributed by atoms with Crippen LogP contribution in [-0.2, 0) is 20.0 Å². The minimum Gasteiger partial charge on any atom is -0.280 e. The molecule has 7 nitrogen and oxygen atoms in total. The molecular formula is C21H16FN3O4S2. The summed E-state index contributed by atoms with van der Waals surface area (Å²) in [5.41, 5.74) is 0.624. The smallest absolute Gasteiger partial charge is 0.264 e. The molecule has 0 radical (unpaired) electrons. The lowest BCUT2D eigenvalue weighted by Crippen LogP contribution is -2.15. The van der Waals surface area contributed by atoms with Crippen LogP contribution in [0.3, 0.4) is 0 Å². The number of rotatable bonds is 6. The minimum atomic E-state index is -3.99. The molecule has 4 aromatic rings. The van der Waals surface area contributed by atoms with Gasteiger partial charge >= 0.3 is 0 Å². The molecule has 0 aliphatic carbocycles. The van der Waals surface area contributed by atoms with Crippen molar-refractivity contribution in [1.29, 1.82) is 0 Å². The van der Waals surface area contributed by atoms with Crippen molar-refractivity contribution in [3.63, 3.8) is 0 Å². The van der Waals surface area contributed by atoms with E-state index in [2.05, 4.69) is 14.4 Å². The number of benzene rings is 3. The first-order chi connectivity index (χ1) is 14.7. The standard InChI is InChI=1S/C21H16FN3O4S2/c22-16-9-11-19(12-10-16)30(26,27)24-17-6-2-7-18(14-17)25-31(28,29)20-8-1-4-15-5-3-13-23-21(15)20/h1-14,24-25H. The van der Waals surface area contributed by atoms with E-state index >= 15 is 0 Å². The third-order valence-electron chi connectivity index (χ3n) is 4.38.